The first kappa shape index (κ1) is 25.7. The normalized spacial score (nSPS) is 18.2. The molecule has 2 atom stereocenters. The van der Waals surface area contributed by atoms with Gasteiger partial charge in [-0.15, -0.1) is 0 Å². The molecule has 2 N–H and O–H groups in total. The third kappa shape index (κ3) is 5.22. The molecule has 190 valence electrons. The molecule has 3 aromatic rings. The van der Waals surface area contributed by atoms with Gasteiger partial charge >= 0.3 is 6.03 Å². The Morgan fingerprint density at radius 3 is 2.31 bits per heavy atom. The average Bonchev–Trinajstić information content (AvgIpc) is 2.85. The fraction of sp³-hybridized carbons (Fsp3) is 0.333. The summed E-state index contributed by atoms with van der Waals surface area (Å²) >= 11 is 0. The van der Waals surface area contributed by atoms with E-state index in [1.165, 1.54) is 11.0 Å². The van der Waals surface area contributed by atoms with Gasteiger partial charge in [0.25, 0.3) is 5.91 Å². The second-order valence-electron chi connectivity index (χ2n) is 9.54. The van der Waals surface area contributed by atoms with Crippen LogP contribution >= 0.6 is 0 Å². The Morgan fingerprint density at radius 2 is 1.64 bits per heavy atom. The second-order valence-corrected chi connectivity index (χ2v) is 11.2. The van der Waals surface area contributed by atoms with Crippen LogP contribution < -0.4 is 10.0 Å². The predicted octanol–water partition coefficient (Wildman–Crippen LogP) is 4.07. The van der Waals surface area contributed by atoms with Crippen molar-refractivity contribution in [3.05, 3.63) is 71.8 Å². The molecule has 9 heteroatoms. The van der Waals surface area contributed by atoms with Gasteiger partial charge in [0, 0.05) is 55.2 Å². The molecule has 8 nitrogen and oxygen atoms in total. The number of fused-ring (bicyclic) bond motifs is 1. The first-order chi connectivity index (χ1) is 17.1. The van der Waals surface area contributed by atoms with Crippen molar-refractivity contribution in [2.75, 3.05) is 32.5 Å². The maximum atomic E-state index is 13.5. The molecular weight excluding hydrogens is 476 g/mol. The third-order valence-electron chi connectivity index (χ3n) is 6.68. The van der Waals surface area contributed by atoms with Crippen LogP contribution in [0, 0.1) is 12.8 Å². The van der Waals surface area contributed by atoms with E-state index in [2.05, 4.69) is 10.0 Å². The fourth-order valence-electron chi connectivity index (χ4n) is 4.67. The van der Waals surface area contributed by atoms with E-state index in [1.54, 1.807) is 49.3 Å². The molecule has 2 unspecified atom stereocenters. The molecule has 0 spiro atoms. The molecule has 1 saturated heterocycles. The van der Waals surface area contributed by atoms with E-state index in [1.807, 2.05) is 38.1 Å². The molecule has 36 heavy (non-hydrogen) atoms. The van der Waals surface area contributed by atoms with Crippen molar-refractivity contribution in [3.63, 3.8) is 0 Å². The number of amides is 3. The van der Waals surface area contributed by atoms with Crippen molar-refractivity contribution in [1.82, 2.24) is 14.5 Å². The van der Waals surface area contributed by atoms with Crippen molar-refractivity contribution >= 4 is 38.4 Å². The third-order valence-corrected chi connectivity index (χ3v) is 8.22. The van der Waals surface area contributed by atoms with Crippen molar-refractivity contribution in [2.24, 2.45) is 5.92 Å². The summed E-state index contributed by atoms with van der Waals surface area (Å²) in [7, 11) is -0.437. The van der Waals surface area contributed by atoms with Crippen molar-refractivity contribution < 1.29 is 18.0 Å². The molecule has 1 fully saturated rings. The Labute approximate surface area is 212 Å². The molecule has 0 aromatic heterocycles. The molecule has 4 rings (SSSR count). The van der Waals surface area contributed by atoms with Gasteiger partial charge in [-0.2, -0.15) is 0 Å². The zero-order valence-corrected chi connectivity index (χ0v) is 21.8. The summed E-state index contributed by atoms with van der Waals surface area (Å²) in [4.78, 5) is 28.6. The highest BCUT2D eigenvalue weighted by molar-refractivity contribution is 7.89. The molecule has 0 aliphatic carbocycles. The number of nitrogens with zero attached hydrogens (tertiary/aromatic N) is 2. The standard InChI is InChI=1S/C27H32N4O4S/c1-18-9-5-6-10-20(18)26(32)28-24-13-14-25(22-12-8-7-11-21(22)24)36(34,35)29-23-15-16-31(17-19(23)2)27(33)30(3)4/h5-14,19,23,29H,15-17H2,1-4H3,(H,28,32). The first-order valence-corrected chi connectivity index (χ1v) is 13.4. The van der Waals surface area contributed by atoms with Crippen molar-refractivity contribution in [2.45, 2.75) is 31.2 Å². The number of anilines is 1. The number of hydrogen-bond acceptors (Lipinski definition) is 4. The van der Waals surface area contributed by atoms with Crippen LogP contribution in [0.1, 0.15) is 29.3 Å². The summed E-state index contributed by atoms with van der Waals surface area (Å²) in [5, 5.41) is 4.11. The Balaban J connectivity index is 1.58. The summed E-state index contributed by atoms with van der Waals surface area (Å²) < 4.78 is 29.9. The zero-order chi connectivity index (χ0) is 26.0. The minimum Gasteiger partial charge on any atom is -0.331 e. The lowest BCUT2D eigenvalue weighted by Crippen LogP contribution is -2.53. The molecule has 3 amide bonds. The average molecular weight is 509 g/mol. The van der Waals surface area contributed by atoms with Crippen LogP contribution in [0.2, 0.25) is 0 Å². The molecule has 1 aliphatic rings. The number of carbonyl (C=O) groups excluding carboxylic acids is 2. The number of urea groups is 1. The molecule has 0 saturated carbocycles. The van der Waals surface area contributed by atoms with Gasteiger partial charge in [-0.3, -0.25) is 4.79 Å². The lowest BCUT2D eigenvalue weighted by Gasteiger charge is -2.38. The Bertz CT molecular complexity index is 1400. The monoisotopic (exact) mass is 508 g/mol. The van der Waals surface area contributed by atoms with E-state index in [0.717, 1.165) is 5.56 Å². The largest absolute Gasteiger partial charge is 0.331 e. The van der Waals surface area contributed by atoms with E-state index < -0.39 is 10.0 Å². The number of hydrogen-bond donors (Lipinski definition) is 2. The molecule has 1 aliphatic heterocycles. The number of nitrogens with one attached hydrogen (secondary N) is 2. The molecule has 1 heterocycles. The lowest BCUT2D eigenvalue weighted by atomic mass is 9.95. The van der Waals surface area contributed by atoms with Crippen LogP contribution in [0.25, 0.3) is 10.8 Å². The topological polar surface area (TPSA) is 98.8 Å². The summed E-state index contributed by atoms with van der Waals surface area (Å²) in [6, 6.07) is 17.3. The molecule has 0 radical (unpaired) electrons. The smallest absolute Gasteiger partial charge is 0.319 e. The number of sulfonamides is 1. The number of benzene rings is 3. The number of piperidine rings is 1. The quantitative estimate of drug-likeness (QED) is 0.543. The van der Waals surface area contributed by atoms with Crippen LogP contribution in [-0.4, -0.2) is 63.4 Å². The van der Waals surface area contributed by atoms with Gasteiger partial charge in [-0.05, 0) is 43.0 Å². The second kappa shape index (κ2) is 10.3. The zero-order valence-electron chi connectivity index (χ0n) is 21.0. The van der Waals surface area contributed by atoms with E-state index in [9.17, 15) is 18.0 Å². The SMILES string of the molecule is Cc1ccccc1C(=O)Nc1ccc(S(=O)(=O)NC2CCN(C(=O)N(C)C)CC2C)c2ccccc12. The summed E-state index contributed by atoms with van der Waals surface area (Å²) in [6.07, 6.45) is 0.530. The highest BCUT2D eigenvalue weighted by Gasteiger charge is 2.33. The van der Waals surface area contributed by atoms with Gasteiger partial charge in [-0.25, -0.2) is 17.9 Å². The lowest BCUT2D eigenvalue weighted by molar-refractivity contribution is 0.102. The maximum Gasteiger partial charge on any atom is 0.319 e. The predicted molar refractivity (Wildman–Crippen MR) is 142 cm³/mol. The van der Waals surface area contributed by atoms with Crippen LogP contribution in [0.3, 0.4) is 0 Å². The van der Waals surface area contributed by atoms with E-state index in [-0.39, 0.29) is 28.8 Å². The van der Waals surface area contributed by atoms with E-state index >= 15 is 0 Å². The van der Waals surface area contributed by atoms with Gasteiger partial charge in [-0.1, -0.05) is 49.4 Å². The van der Waals surface area contributed by atoms with Crippen LogP contribution in [0.4, 0.5) is 10.5 Å². The molecular formula is C27H32N4O4S. The van der Waals surface area contributed by atoms with Gasteiger partial charge in [0.1, 0.15) is 0 Å². The minimum atomic E-state index is -3.85. The summed E-state index contributed by atoms with van der Waals surface area (Å²) in [5.41, 5.74) is 1.96. The summed E-state index contributed by atoms with van der Waals surface area (Å²) in [6.45, 7) is 4.79. The Kier molecular flexibility index (Phi) is 7.33. The fourth-order valence-corrected chi connectivity index (χ4v) is 6.26. The van der Waals surface area contributed by atoms with Crippen LogP contribution in [0.15, 0.2) is 65.6 Å². The number of carbonyl (C=O) groups is 2. The first-order valence-electron chi connectivity index (χ1n) is 12.0. The van der Waals surface area contributed by atoms with Gasteiger partial charge in [0.05, 0.1) is 4.90 Å². The molecule has 3 aromatic carbocycles. The highest BCUT2D eigenvalue weighted by Crippen LogP contribution is 2.31. The molecule has 0 bridgehead atoms. The number of aryl methyl sites for hydroxylation is 1. The Morgan fingerprint density at radius 1 is 0.972 bits per heavy atom. The highest BCUT2D eigenvalue weighted by atomic mass is 32.2. The van der Waals surface area contributed by atoms with Crippen molar-refractivity contribution in [3.8, 4) is 0 Å². The van der Waals surface area contributed by atoms with Gasteiger partial charge in [0.2, 0.25) is 10.0 Å². The van der Waals surface area contributed by atoms with Crippen LogP contribution in [0.5, 0.6) is 0 Å². The maximum absolute atomic E-state index is 13.5. The van der Waals surface area contributed by atoms with Crippen molar-refractivity contribution in [1.29, 1.82) is 0 Å². The Hall–Kier alpha value is -3.43. The van der Waals surface area contributed by atoms with E-state index in [0.29, 0.717) is 41.5 Å². The number of rotatable bonds is 5. The van der Waals surface area contributed by atoms with E-state index in [4.69, 9.17) is 0 Å². The van der Waals surface area contributed by atoms with Crippen LogP contribution in [-0.2, 0) is 10.0 Å². The minimum absolute atomic E-state index is 0.0450. The summed E-state index contributed by atoms with van der Waals surface area (Å²) in [5.74, 6) is -0.295. The van der Waals surface area contributed by atoms with Gasteiger partial charge in [0.15, 0.2) is 0 Å². The van der Waals surface area contributed by atoms with Gasteiger partial charge < -0.3 is 15.1 Å². The number of likely N-dealkylation sites (tertiary alicyclic amines) is 1.